The lowest BCUT2D eigenvalue weighted by Crippen LogP contribution is -2.34. The van der Waals surface area contributed by atoms with Gasteiger partial charge in [0.1, 0.15) is 5.69 Å². The molecule has 1 aromatic heterocycles. The summed E-state index contributed by atoms with van der Waals surface area (Å²) in [6, 6.07) is 9.49. The zero-order valence-corrected chi connectivity index (χ0v) is 15.6. The molecule has 1 heterocycles. The van der Waals surface area contributed by atoms with Gasteiger partial charge in [0.2, 0.25) is 5.71 Å². The third kappa shape index (κ3) is 4.00. The summed E-state index contributed by atoms with van der Waals surface area (Å²) < 4.78 is 0. The predicted molar refractivity (Wildman–Crippen MR) is 106 cm³/mol. The van der Waals surface area contributed by atoms with Crippen molar-refractivity contribution in [2.24, 2.45) is 10.9 Å². The van der Waals surface area contributed by atoms with Gasteiger partial charge in [-0.15, -0.1) is 0 Å². The first kappa shape index (κ1) is 19.5. The number of nitrogens with one attached hydrogen (secondary N) is 1. The van der Waals surface area contributed by atoms with Crippen LogP contribution in [0.5, 0.6) is 0 Å². The average molecular weight is 419 g/mol. The summed E-state index contributed by atoms with van der Waals surface area (Å²) in [6.07, 6.45) is 1.21. The second-order valence-electron chi connectivity index (χ2n) is 5.56. The van der Waals surface area contributed by atoms with E-state index in [1.807, 2.05) is 0 Å². The molecule has 0 radical (unpaired) electrons. The van der Waals surface area contributed by atoms with Gasteiger partial charge in [-0.25, -0.2) is 4.98 Å². The van der Waals surface area contributed by atoms with Crippen molar-refractivity contribution in [3.05, 3.63) is 74.5 Å². The number of carbonyl (C=O) groups is 1. The number of benzene rings is 2. The monoisotopic (exact) mass is 418 g/mol. The predicted octanol–water partition coefficient (Wildman–Crippen LogP) is 3.21. The lowest BCUT2D eigenvalue weighted by molar-refractivity contribution is -0.509. The van der Waals surface area contributed by atoms with Gasteiger partial charge in [-0.05, 0) is 30.3 Å². The highest BCUT2D eigenvalue weighted by Gasteiger charge is 2.37. The van der Waals surface area contributed by atoms with Gasteiger partial charge in [0, 0.05) is 9.95 Å². The van der Waals surface area contributed by atoms with E-state index in [1.165, 1.54) is 24.4 Å². The fourth-order valence-electron chi connectivity index (χ4n) is 2.48. The number of hydrogen-bond acceptors (Lipinski definition) is 7. The van der Waals surface area contributed by atoms with Crippen molar-refractivity contribution >= 4 is 51.5 Å². The third-order valence-corrected chi connectivity index (χ3v) is 4.32. The molecule has 3 N–H and O–H groups in total. The smallest absolute Gasteiger partial charge is 0.304 e. The van der Waals surface area contributed by atoms with Crippen LogP contribution in [0.4, 0.5) is 5.69 Å². The minimum atomic E-state index is -1.71. The minimum absolute atomic E-state index is 0.0785. The van der Waals surface area contributed by atoms with Crippen molar-refractivity contribution in [2.75, 3.05) is 5.32 Å². The minimum Gasteiger partial charge on any atom is -0.323 e. The highest BCUT2D eigenvalue weighted by molar-refractivity contribution is 6.45. The van der Waals surface area contributed by atoms with E-state index in [-0.39, 0.29) is 16.4 Å². The molecule has 0 aliphatic rings. The molecule has 1 atom stereocenters. The molecule has 1 unspecified atom stereocenters. The van der Waals surface area contributed by atoms with Gasteiger partial charge in [0.05, 0.1) is 27.9 Å². The van der Waals surface area contributed by atoms with E-state index < -0.39 is 22.6 Å². The van der Waals surface area contributed by atoms with Crippen molar-refractivity contribution in [3.63, 3.8) is 0 Å². The SMILES string of the molecule is NN=C(C(=O)Nc1ccc(Cl)cc1Cl)C(c1cnc2ccccc2n1)[N+](=O)[O-]. The van der Waals surface area contributed by atoms with E-state index >= 15 is 0 Å². The Kier molecular flexibility index (Phi) is 5.67. The summed E-state index contributed by atoms with van der Waals surface area (Å²) in [7, 11) is 0. The summed E-state index contributed by atoms with van der Waals surface area (Å²) in [5.41, 5.74) is 0.552. The number of anilines is 1. The molecular weight excluding hydrogens is 407 g/mol. The van der Waals surface area contributed by atoms with Gasteiger partial charge in [-0.2, -0.15) is 5.10 Å². The summed E-state index contributed by atoms with van der Waals surface area (Å²) in [5, 5.41) is 18.0. The van der Waals surface area contributed by atoms with Crippen LogP contribution in [0.15, 0.2) is 53.8 Å². The number of halogens is 2. The second-order valence-corrected chi connectivity index (χ2v) is 6.41. The fraction of sp³-hybridized carbons (Fsp3) is 0.0588. The molecule has 2 aromatic carbocycles. The van der Waals surface area contributed by atoms with Gasteiger partial charge in [0.25, 0.3) is 5.91 Å². The van der Waals surface area contributed by atoms with Crippen LogP contribution >= 0.6 is 23.2 Å². The second kappa shape index (κ2) is 8.15. The fourth-order valence-corrected chi connectivity index (χ4v) is 2.94. The molecule has 0 aliphatic heterocycles. The molecule has 0 saturated heterocycles. The molecule has 0 saturated carbocycles. The Labute approximate surface area is 168 Å². The van der Waals surface area contributed by atoms with E-state index in [1.54, 1.807) is 24.3 Å². The maximum Gasteiger partial charge on any atom is 0.304 e. The number of amides is 1. The average Bonchev–Trinajstić information content (AvgIpc) is 2.67. The summed E-state index contributed by atoms with van der Waals surface area (Å²) in [5.74, 6) is 4.40. The molecule has 9 nitrogen and oxygen atoms in total. The van der Waals surface area contributed by atoms with E-state index in [2.05, 4.69) is 20.4 Å². The number of hydrazone groups is 1. The first-order valence-electron chi connectivity index (χ1n) is 7.80. The van der Waals surface area contributed by atoms with Crippen molar-refractivity contribution in [3.8, 4) is 0 Å². The van der Waals surface area contributed by atoms with Crippen molar-refractivity contribution in [1.29, 1.82) is 0 Å². The molecule has 3 aromatic rings. The Morgan fingerprint density at radius 1 is 1.21 bits per heavy atom. The quantitative estimate of drug-likeness (QED) is 0.282. The molecule has 142 valence electrons. The maximum absolute atomic E-state index is 12.6. The molecule has 1 amide bonds. The normalized spacial score (nSPS) is 12.6. The maximum atomic E-state index is 12.6. The molecule has 0 spiro atoms. The Morgan fingerprint density at radius 3 is 2.57 bits per heavy atom. The van der Waals surface area contributed by atoms with Crippen LogP contribution in [0, 0.1) is 10.1 Å². The number of nitrogens with zero attached hydrogens (tertiary/aromatic N) is 4. The Hall–Kier alpha value is -3.30. The molecule has 11 heteroatoms. The summed E-state index contributed by atoms with van der Waals surface area (Å²) in [4.78, 5) is 31.9. The lowest BCUT2D eigenvalue weighted by atomic mass is 10.1. The first-order chi connectivity index (χ1) is 13.4. The van der Waals surface area contributed by atoms with E-state index in [4.69, 9.17) is 29.0 Å². The number of carbonyl (C=O) groups excluding carboxylic acids is 1. The molecule has 3 rings (SSSR count). The van der Waals surface area contributed by atoms with Gasteiger partial charge in [-0.1, -0.05) is 35.3 Å². The number of aromatic nitrogens is 2. The van der Waals surface area contributed by atoms with E-state index in [0.29, 0.717) is 16.1 Å². The lowest BCUT2D eigenvalue weighted by Gasteiger charge is -2.12. The largest absolute Gasteiger partial charge is 0.323 e. The number of nitrogens with two attached hydrogens (primary N) is 1. The molecule has 0 aliphatic carbocycles. The van der Waals surface area contributed by atoms with Crippen LogP contribution in [-0.2, 0) is 4.79 Å². The van der Waals surface area contributed by atoms with Crippen LogP contribution in [0.1, 0.15) is 11.7 Å². The van der Waals surface area contributed by atoms with E-state index in [0.717, 1.165) is 0 Å². The third-order valence-electron chi connectivity index (χ3n) is 3.77. The van der Waals surface area contributed by atoms with Crippen molar-refractivity contribution in [2.45, 2.75) is 6.04 Å². The van der Waals surface area contributed by atoms with Crippen LogP contribution in [0.25, 0.3) is 11.0 Å². The Bertz CT molecular complexity index is 1110. The van der Waals surface area contributed by atoms with Gasteiger partial charge in [-0.3, -0.25) is 19.9 Å². The Morgan fingerprint density at radius 2 is 1.93 bits per heavy atom. The first-order valence-corrected chi connectivity index (χ1v) is 8.55. The van der Waals surface area contributed by atoms with E-state index in [9.17, 15) is 14.9 Å². The van der Waals surface area contributed by atoms with Gasteiger partial charge in [0.15, 0.2) is 0 Å². The highest BCUT2D eigenvalue weighted by Crippen LogP contribution is 2.26. The molecular formula is C17H12Cl2N6O3. The van der Waals surface area contributed by atoms with Crippen LogP contribution < -0.4 is 11.2 Å². The number of para-hydroxylation sites is 2. The van der Waals surface area contributed by atoms with Crippen LogP contribution in [0.2, 0.25) is 10.0 Å². The number of nitro groups is 1. The zero-order chi connectivity index (χ0) is 20.3. The highest BCUT2D eigenvalue weighted by atomic mass is 35.5. The standard InChI is InChI=1S/C17H12Cl2N6O3/c18-9-5-6-11(10(19)7-9)23-17(26)15(24-20)16(25(27)28)14-8-21-12-3-1-2-4-13(12)22-14/h1-8,16H,20H2,(H,23,26). The Balaban J connectivity index is 1.96. The molecule has 28 heavy (non-hydrogen) atoms. The van der Waals surface area contributed by atoms with Gasteiger partial charge >= 0.3 is 6.04 Å². The number of hydrogen-bond donors (Lipinski definition) is 2. The van der Waals surface area contributed by atoms with Crippen LogP contribution in [0.3, 0.4) is 0 Å². The topological polar surface area (TPSA) is 136 Å². The van der Waals surface area contributed by atoms with Crippen molar-refractivity contribution < 1.29 is 9.72 Å². The number of fused-ring (bicyclic) bond motifs is 1. The van der Waals surface area contributed by atoms with Gasteiger partial charge < -0.3 is 11.2 Å². The zero-order valence-electron chi connectivity index (χ0n) is 14.0. The molecule has 0 fully saturated rings. The summed E-state index contributed by atoms with van der Waals surface area (Å²) >= 11 is 11.8. The molecule has 0 bridgehead atoms. The van der Waals surface area contributed by atoms with Crippen molar-refractivity contribution in [1.82, 2.24) is 9.97 Å². The summed E-state index contributed by atoms with van der Waals surface area (Å²) in [6.45, 7) is 0. The van der Waals surface area contributed by atoms with Crippen LogP contribution in [-0.4, -0.2) is 26.5 Å². The number of rotatable bonds is 5.